The van der Waals surface area contributed by atoms with Crippen LogP contribution in [0, 0.1) is 12.8 Å². The average molecular weight is 494 g/mol. The van der Waals surface area contributed by atoms with E-state index in [1.807, 2.05) is 58.9 Å². The molecule has 1 aliphatic heterocycles. The third-order valence-corrected chi connectivity index (χ3v) is 4.37. The van der Waals surface area contributed by atoms with Gasteiger partial charge in [-0.1, -0.05) is 52.8 Å². The quantitative estimate of drug-likeness (QED) is 0.461. The van der Waals surface area contributed by atoms with Crippen molar-refractivity contribution in [2.45, 2.75) is 54.1 Å². The van der Waals surface area contributed by atoms with E-state index in [-0.39, 0.29) is 38.8 Å². The molecule has 1 fully saturated rings. The van der Waals surface area contributed by atoms with Crippen LogP contribution in [0.3, 0.4) is 0 Å². The van der Waals surface area contributed by atoms with E-state index in [0.717, 1.165) is 30.8 Å². The van der Waals surface area contributed by atoms with Crippen molar-refractivity contribution in [3.63, 3.8) is 0 Å². The molecule has 0 aliphatic carbocycles. The molecule has 1 saturated heterocycles. The fourth-order valence-electron chi connectivity index (χ4n) is 2.95. The van der Waals surface area contributed by atoms with Crippen LogP contribution in [-0.2, 0) is 32.7 Å². The Balaban J connectivity index is 0. The summed E-state index contributed by atoms with van der Waals surface area (Å²) in [5, 5.41) is 17.5. The second kappa shape index (κ2) is 18.6. The van der Waals surface area contributed by atoms with E-state index in [9.17, 15) is 0 Å². The number of para-hydroxylation sites is 1. The third-order valence-electron chi connectivity index (χ3n) is 4.37. The summed E-state index contributed by atoms with van der Waals surface area (Å²) in [4.78, 5) is 2.34. The van der Waals surface area contributed by atoms with Gasteiger partial charge in [0.25, 0.3) is 0 Å². The Morgan fingerprint density at radius 1 is 1.03 bits per heavy atom. The number of nitrogens with one attached hydrogen (secondary N) is 1. The van der Waals surface area contributed by atoms with Crippen molar-refractivity contribution in [1.82, 2.24) is 4.90 Å². The van der Waals surface area contributed by atoms with Gasteiger partial charge < -0.3 is 14.7 Å². The largest absolute Gasteiger partial charge is 0.508 e. The van der Waals surface area contributed by atoms with Crippen LogP contribution in [0.15, 0.2) is 48.5 Å². The van der Waals surface area contributed by atoms with Crippen molar-refractivity contribution < 1.29 is 47.8 Å². The minimum absolute atomic E-state index is 0. The first kappa shape index (κ1) is 31.1. The number of likely N-dealkylation sites (tertiary alicyclic amines) is 1. The van der Waals surface area contributed by atoms with Gasteiger partial charge in [-0.3, -0.25) is 10.7 Å². The summed E-state index contributed by atoms with van der Waals surface area (Å²) in [5.41, 5.74) is 3.88. The minimum Gasteiger partial charge on any atom is -0.508 e. The number of ether oxygens (including phenoxy) is 1. The molecule has 0 spiro atoms. The first-order valence-corrected chi connectivity index (χ1v) is 10.6. The van der Waals surface area contributed by atoms with E-state index in [2.05, 4.69) is 24.4 Å². The molecule has 2 atom stereocenters. The molecule has 1 aliphatic rings. The zero-order valence-electron chi connectivity index (χ0n) is 19.7. The molecule has 3 N–H and O–H groups in total. The van der Waals surface area contributed by atoms with Gasteiger partial charge in [-0.2, -0.15) is 0 Å². The SMILES string of the molecule is CC.CC.Cc1cc(NO)ccc1OC1CCN(C)CC1C.Oc1ccccc1.[Y]. The molecular weight excluding hydrogens is 453 g/mol. The molecule has 6 heteroatoms. The van der Waals surface area contributed by atoms with Gasteiger partial charge in [-0.25, -0.2) is 0 Å². The van der Waals surface area contributed by atoms with Crippen molar-refractivity contribution in [3.8, 4) is 11.5 Å². The number of hydrogen-bond acceptors (Lipinski definition) is 5. The summed E-state index contributed by atoms with van der Waals surface area (Å²) >= 11 is 0. The summed E-state index contributed by atoms with van der Waals surface area (Å²) in [6.07, 6.45) is 1.35. The zero-order valence-corrected chi connectivity index (χ0v) is 22.6. The molecule has 0 bridgehead atoms. The summed E-state index contributed by atoms with van der Waals surface area (Å²) in [6, 6.07) is 14.3. The second-order valence-electron chi connectivity index (χ2n) is 6.61. The van der Waals surface area contributed by atoms with E-state index in [1.165, 1.54) is 0 Å². The second-order valence-corrected chi connectivity index (χ2v) is 6.61. The van der Waals surface area contributed by atoms with E-state index < -0.39 is 0 Å². The summed E-state index contributed by atoms with van der Waals surface area (Å²) < 4.78 is 6.11. The predicted octanol–water partition coefficient (Wildman–Crippen LogP) is 5.96. The van der Waals surface area contributed by atoms with Gasteiger partial charge in [0, 0.05) is 51.7 Å². The molecule has 0 aromatic heterocycles. The number of nitrogens with zero attached hydrogens (tertiary/aromatic N) is 1. The molecule has 2 aromatic rings. The third kappa shape index (κ3) is 11.9. The molecule has 167 valence electrons. The maximum atomic E-state index is 8.85. The monoisotopic (exact) mass is 493 g/mol. The topological polar surface area (TPSA) is 65.0 Å². The molecule has 1 radical (unpaired) electrons. The van der Waals surface area contributed by atoms with E-state index in [4.69, 9.17) is 15.1 Å². The van der Waals surface area contributed by atoms with Crippen molar-refractivity contribution in [2.75, 3.05) is 25.6 Å². The van der Waals surface area contributed by atoms with Crippen LogP contribution in [0.5, 0.6) is 11.5 Å². The Morgan fingerprint density at radius 2 is 1.63 bits per heavy atom. The van der Waals surface area contributed by atoms with Gasteiger partial charge in [0.2, 0.25) is 0 Å². The minimum atomic E-state index is 0. The molecule has 0 saturated carbocycles. The molecular formula is C24H40N2O3Y. The maximum absolute atomic E-state index is 8.85. The molecule has 1 heterocycles. The Labute approximate surface area is 208 Å². The van der Waals surface area contributed by atoms with Crippen LogP contribution in [0.4, 0.5) is 5.69 Å². The summed E-state index contributed by atoms with van der Waals surface area (Å²) in [5.74, 6) is 1.77. The number of hydrogen-bond donors (Lipinski definition) is 3. The molecule has 30 heavy (non-hydrogen) atoms. The van der Waals surface area contributed by atoms with E-state index >= 15 is 0 Å². The standard InChI is InChI=1S/C14H22N2O2.C6H6O.2C2H6.Y/c1-10-8-12(15-17)4-5-13(10)18-14-6-7-16(3)9-11(14)2;7-6-4-2-1-3-5-6;2*1-2;/h4-5,8,11,14-15,17H,6-7,9H2,1-3H3;1-5,7H;2*1-2H3;. The van der Waals surface area contributed by atoms with Gasteiger partial charge in [0.1, 0.15) is 17.6 Å². The van der Waals surface area contributed by atoms with Gasteiger partial charge in [-0.15, -0.1) is 0 Å². The molecule has 2 aromatic carbocycles. The smallest absolute Gasteiger partial charge is 0.122 e. The number of rotatable bonds is 3. The van der Waals surface area contributed by atoms with Crippen LogP contribution in [0.2, 0.25) is 0 Å². The van der Waals surface area contributed by atoms with Gasteiger partial charge in [0.15, 0.2) is 0 Å². The normalized spacial score (nSPS) is 17.3. The Kier molecular flexibility index (Phi) is 19.3. The Morgan fingerprint density at radius 3 is 2.07 bits per heavy atom. The first-order chi connectivity index (χ1) is 14.0. The number of aromatic hydroxyl groups is 1. The molecule has 0 amide bonds. The Bertz CT molecular complexity index is 656. The molecule has 5 nitrogen and oxygen atoms in total. The van der Waals surface area contributed by atoms with Crippen LogP contribution >= 0.6 is 0 Å². The number of benzene rings is 2. The Hall–Kier alpha value is -1.14. The molecule has 3 rings (SSSR count). The fraction of sp³-hybridized carbons (Fsp3) is 0.500. The van der Waals surface area contributed by atoms with Crippen molar-refractivity contribution in [2.24, 2.45) is 5.92 Å². The van der Waals surface area contributed by atoms with Gasteiger partial charge in [0.05, 0.1) is 5.69 Å². The van der Waals surface area contributed by atoms with Crippen molar-refractivity contribution in [1.29, 1.82) is 0 Å². The molecule has 2 unspecified atom stereocenters. The number of piperidine rings is 1. The van der Waals surface area contributed by atoms with Crippen LogP contribution in [-0.4, -0.2) is 41.5 Å². The van der Waals surface area contributed by atoms with E-state index in [1.54, 1.807) is 24.3 Å². The first-order valence-electron chi connectivity index (χ1n) is 10.6. The van der Waals surface area contributed by atoms with Crippen molar-refractivity contribution >= 4 is 5.69 Å². The zero-order chi connectivity index (χ0) is 22.2. The van der Waals surface area contributed by atoms with Crippen LogP contribution in [0.1, 0.15) is 46.6 Å². The van der Waals surface area contributed by atoms with Gasteiger partial charge in [-0.05, 0) is 56.3 Å². The number of anilines is 1. The fourth-order valence-corrected chi connectivity index (χ4v) is 2.95. The van der Waals surface area contributed by atoms with E-state index in [0.29, 0.717) is 17.4 Å². The summed E-state index contributed by atoms with van der Waals surface area (Å²) in [7, 11) is 2.15. The predicted molar refractivity (Wildman–Crippen MR) is 123 cm³/mol. The number of phenolic OH excluding ortho intramolecular Hbond substituents is 1. The number of aryl methyl sites for hydroxylation is 1. The van der Waals surface area contributed by atoms with Crippen molar-refractivity contribution in [3.05, 3.63) is 54.1 Å². The summed E-state index contributed by atoms with van der Waals surface area (Å²) in [6.45, 7) is 14.4. The average Bonchev–Trinajstić information content (AvgIpc) is 2.75. The van der Waals surface area contributed by atoms with Crippen LogP contribution < -0.4 is 10.2 Å². The maximum Gasteiger partial charge on any atom is 0.122 e. The van der Waals surface area contributed by atoms with Gasteiger partial charge >= 0.3 is 0 Å². The van der Waals surface area contributed by atoms with Crippen LogP contribution in [0.25, 0.3) is 0 Å². The number of phenols is 1.